The van der Waals surface area contributed by atoms with Crippen molar-refractivity contribution < 1.29 is 9.60 Å². The Morgan fingerprint density at radius 1 is 1.20 bits per heavy atom. The first-order valence-electron chi connectivity index (χ1n) is 7.44. The molecule has 0 amide bonds. The highest BCUT2D eigenvalue weighted by Crippen LogP contribution is 2.26. The first-order chi connectivity index (χ1) is 11.8. The lowest BCUT2D eigenvalue weighted by atomic mass is 10.1. The average molecular weight is 363 g/mol. The highest BCUT2D eigenvalue weighted by atomic mass is 35.5. The molecule has 3 aromatic rings. The van der Waals surface area contributed by atoms with Crippen molar-refractivity contribution in [2.45, 2.75) is 26.3 Å². The second-order valence-electron chi connectivity index (χ2n) is 6.36. The Hall–Kier alpha value is -2.58. The van der Waals surface area contributed by atoms with Gasteiger partial charge in [0.1, 0.15) is 23.2 Å². The van der Waals surface area contributed by atoms with Crippen LogP contribution in [0, 0.1) is 5.82 Å². The van der Waals surface area contributed by atoms with Gasteiger partial charge in [-0.3, -0.25) is 5.21 Å². The van der Waals surface area contributed by atoms with Gasteiger partial charge in [-0.1, -0.05) is 11.6 Å². The Kier molecular flexibility index (Phi) is 4.40. The van der Waals surface area contributed by atoms with Gasteiger partial charge in [-0.15, -0.1) is 0 Å². The van der Waals surface area contributed by atoms with Gasteiger partial charge in [-0.25, -0.2) is 29.4 Å². The van der Waals surface area contributed by atoms with Crippen molar-refractivity contribution in [1.29, 1.82) is 0 Å². The molecule has 0 fully saturated rings. The SMILES string of the molecule is CC(C)(C)N(O)c1ncc2ncnc(Nc3ccc(F)c(Cl)c3)c2n1. The van der Waals surface area contributed by atoms with Gasteiger partial charge in [0.05, 0.1) is 16.8 Å². The molecule has 7 nitrogen and oxygen atoms in total. The van der Waals surface area contributed by atoms with Gasteiger partial charge in [0.15, 0.2) is 5.82 Å². The van der Waals surface area contributed by atoms with E-state index < -0.39 is 11.4 Å². The second-order valence-corrected chi connectivity index (χ2v) is 6.77. The zero-order valence-electron chi connectivity index (χ0n) is 13.8. The highest BCUT2D eigenvalue weighted by molar-refractivity contribution is 6.31. The topological polar surface area (TPSA) is 87.1 Å². The van der Waals surface area contributed by atoms with Crippen molar-refractivity contribution in [3.8, 4) is 0 Å². The summed E-state index contributed by atoms with van der Waals surface area (Å²) in [6, 6.07) is 4.23. The van der Waals surface area contributed by atoms with E-state index in [1.807, 2.05) is 20.8 Å². The van der Waals surface area contributed by atoms with E-state index >= 15 is 0 Å². The van der Waals surface area contributed by atoms with Crippen molar-refractivity contribution >= 4 is 40.1 Å². The van der Waals surface area contributed by atoms with Gasteiger partial charge in [0.25, 0.3) is 5.95 Å². The van der Waals surface area contributed by atoms with Crippen LogP contribution in [-0.4, -0.2) is 30.7 Å². The lowest BCUT2D eigenvalue weighted by Crippen LogP contribution is -2.39. The van der Waals surface area contributed by atoms with Crippen LogP contribution in [0.1, 0.15) is 20.8 Å². The van der Waals surface area contributed by atoms with Crippen molar-refractivity contribution in [1.82, 2.24) is 19.9 Å². The summed E-state index contributed by atoms with van der Waals surface area (Å²) in [6.07, 6.45) is 2.86. The zero-order valence-corrected chi connectivity index (χ0v) is 14.6. The van der Waals surface area contributed by atoms with E-state index in [1.54, 1.807) is 0 Å². The first-order valence-corrected chi connectivity index (χ1v) is 7.82. The maximum absolute atomic E-state index is 13.3. The van der Waals surface area contributed by atoms with Gasteiger partial charge >= 0.3 is 0 Å². The average Bonchev–Trinajstić information content (AvgIpc) is 2.56. The molecule has 0 bridgehead atoms. The Morgan fingerprint density at radius 2 is 1.96 bits per heavy atom. The molecule has 2 heterocycles. The number of hydrogen-bond donors (Lipinski definition) is 2. The fourth-order valence-corrected chi connectivity index (χ4v) is 2.23. The van der Waals surface area contributed by atoms with E-state index in [2.05, 4.69) is 25.3 Å². The maximum Gasteiger partial charge on any atom is 0.250 e. The van der Waals surface area contributed by atoms with E-state index in [0.29, 0.717) is 22.5 Å². The molecule has 0 radical (unpaired) electrons. The number of hydroxylamine groups is 1. The molecule has 25 heavy (non-hydrogen) atoms. The number of benzene rings is 1. The summed E-state index contributed by atoms with van der Waals surface area (Å²) < 4.78 is 13.3. The number of nitrogens with one attached hydrogen (secondary N) is 1. The van der Waals surface area contributed by atoms with E-state index in [9.17, 15) is 9.60 Å². The Morgan fingerprint density at radius 3 is 2.64 bits per heavy atom. The zero-order chi connectivity index (χ0) is 18.2. The minimum Gasteiger partial charge on any atom is -0.338 e. The third-order valence-electron chi connectivity index (χ3n) is 3.37. The number of aromatic nitrogens is 4. The standard InChI is InChI=1S/C16H16ClFN6O/c1-16(2,3)24(25)15-19-7-12-13(23-15)14(21-8-20-12)22-9-4-5-11(18)10(17)6-9/h4-8,25H,1-3H3,(H,20,21,22). The summed E-state index contributed by atoms with van der Waals surface area (Å²) in [4.78, 5) is 16.8. The summed E-state index contributed by atoms with van der Waals surface area (Å²) in [5.74, 6) is -0.000837. The number of halogens is 2. The van der Waals surface area contributed by atoms with Gasteiger partial charge in [-0.05, 0) is 39.0 Å². The largest absolute Gasteiger partial charge is 0.338 e. The Balaban J connectivity index is 2.04. The fraction of sp³-hybridized carbons (Fsp3) is 0.250. The van der Waals surface area contributed by atoms with Crippen LogP contribution in [0.25, 0.3) is 11.0 Å². The summed E-state index contributed by atoms with van der Waals surface area (Å²) in [5.41, 5.74) is 0.873. The summed E-state index contributed by atoms with van der Waals surface area (Å²) in [7, 11) is 0. The third-order valence-corrected chi connectivity index (χ3v) is 3.66. The summed E-state index contributed by atoms with van der Waals surface area (Å²) in [6.45, 7) is 5.46. The van der Waals surface area contributed by atoms with Crippen LogP contribution in [0.5, 0.6) is 0 Å². The second kappa shape index (κ2) is 6.38. The maximum atomic E-state index is 13.3. The molecule has 2 N–H and O–H groups in total. The van der Waals surface area contributed by atoms with Gasteiger partial charge in [0.2, 0.25) is 0 Å². The van der Waals surface area contributed by atoms with E-state index in [0.717, 1.165) is 5.06 Å². The highest BCUT2D eigenvalue weighted by Gasteiger charge is 2.23. The molecular weight excluding hydrogens is 347 g/mol. The molecule has 130 valence electrons. The van der Waals surface area contributed by atoms with Crippen LogP contribution in [0.15, 0.2) is 30.7 Å². The number of anilines is 3. The molecule has 9 heteroatoms. The first kappa shape index (κ1) is 17.2. The van der Waals surface area contributed by atoms with Crippen molar-refractivity contribution in [3.05, 3.63) is 41.6 Å². The monoisotopic (exact) mass is 362 g/mol. The summed E-state index contributed by atoms with van der Waals surface area (Å²) in [5, 5.41) is 14.2. The van der Waals surface area contributed by atoms with E-state index in [1.165, 1.54) is 30.7 Å². The third kappa shape index (κ3) is 3.59. The van der Waals surface area contributed by atoms with Crippen LogP contribution in [0.3, 0.4) is 0 Å². The van der Waals surface area contributed by atoms with E-state index in [4.69, 9.17) is 11.6 Å². The van der Waals surface area contributed by atoms with Crippen molar-refractivity contribution in [2.75, 3.05) is 10.4 Å². The molecule has 3 rings (SSSR count). The molecule has 0 aliphatic rings. The Labute approximate surface area is 148 Å². The number of hydrogen-bond acceptors (Lipinski definition) is 7. The Bertz CT molecular complexity index is 930. The lowest BCUT2D eigenvalue weighted by molar-refractivity contribution is 0.175. The van der Waals surface area contributed by atoms with Gasteiger partial charge < -0.3 is 5.32 Å². The smallest absolute Gasteiger partial charge is 0.250 e. The van der Waals surface area contributed by atoms with E-state index in [-0.39, 0.29) is 11.0 Å². The number of fused-ring (bicyclic) bond motifs is 1. The molecule has 0 spiro atoms. The van der Waals surface area contributed by atoms with Crippen LogP contribution in [-0.2, 0) is 0 Å². The quantitative estimate of drug-likeness (QED) is 0.682. The molecule has 0 aliphatic heterocycles. The predicted molar refractivity (Wildman–Crippen MR) is 93.8 cm³/mol. The lowest BCUT2D eigenvalue weighted by Gasteiger charge is -2.29. The van der Waals surface area contributed by atoms with Gasteiger partial charge in [-0.2, -0.15) is 0 Å². The molecule has 0 unspecified atom stereocenters. The molecule has 1 aromatic carbocycles. The van der Waals surface area contributed by atoms with Crippen LogP contribution in [0.4, 0.5) is 21.8 Å². The normalized spacial score (nSPS) is 11.6. The molecule has 0 aliphatic carbocycles. The molecule has 2 aromatic heterocycles. The molecule has 0 saturated carbocycles. The van der Waals surface area contributed by atoms with Crippen molar-refractivity contribution in [2.24, 2.45) is 0 Å². The minimum absolute atomic E-state index is 0.00653. The predicted octanol–water partition coefficient (Wildman–Crippen LogP) is 3.95. The van der Waals surface area contributed by atoms with Crippen LogP contribution >= 0.6 is 11.6 Å². The fourth-order valence-electron chi connectivity index (χ4n) is 2.05. The van der Waals surface area contributed by atoms with Crippen LogP contribution < -0.4 is 10.4 Å². The molecule has 0 atom stereocenters. The summed E-state index contributed by atoms with van der Waals surface area (Å²) >= 11 is 5.80. The number of nitrogens with zero attached hydrogens (tertiary/aromatic N) is 5. The van der Waals surface area contributed by atoms with Gasteiger partial charge in [0, 0.05) is 5.69 Å². The minimum atomic E-state index is -0.582. The number of rotatable bonds is 3. The van der Waals surface area contributed by atoms with Crippen molar-refractivity contribution in [3.63, 3.8) is 0 Å². The molecular formula is C16H16ClFN6O. The molecule has 0 saturated heterocycles. The van der Waals surface area contributed by atoms with Crippen LogP contribution in [0.2, 0.25) is 5.02 Å².